The molecule has 1 amide bonds. The predicted molar refractivity (Wildman–Crippen MR) is 113 cm³/mol. The van der Waals surface area contributed by atoms with E-state index < -0.39 is 11.6 Å². The van der Waals surface area contributed by atoms with Gasteiger partial charge in [-0.1, -0.05) is 0 Å². The first-order valence-corrected chi connectivity index (χ1v) is 11.3. The summed E-state index contributed by atoms with van der Waals surface area (Å²) in [4.78, 5) is 34.8. The quantitative estimate of drug-likeness (QED) is 0.584. The van der Waals surface area contributed by atoms with Crippen LogP contribution in [-0.4, -0.2) is 62.1 Å². The molecule has 0 spiro atoms. The van der Waals surface area contributed by atoms with Crippen molar-refractivity contribution in [3.05, 3.63) is 35.4 Å². The number of hydrogen-bond donors (Lipinski definition) is 0. The summed E-state index contributed by atoms with van der Waals surface area (Å²) in [6, 6.07) is 1.76. The number of carbonyl (C=O) groups excluding carboxylic acids is 1. The molecule has 2 saturated heterocycles. The van der Waals surface area contributed by atoms with E-state index in [1.54, 1.807) is 16.6 Å². The van der Waals surface area contributed by atoms with Gasteiger partial charge in [-0.25, -0.2) is 19.3 Å². The monoisotopic (exact) mass is 451 g/mol. The van der Waals surface area contributed by atoms with Crippen LogP contribution in [0.15, 0.2) is 24.2 Å². The third-order valence-corrected chi connectivity index (χ3v) is 7.30. The Hall–Kier alpha value is -3.39. The number of halogens is 1. The topological polar surface area (TPSA) is 108 Å². The number of aromatic nitrogens is 4. The molecule has 0 unspecified atom stereocenters. The molecule has 2 bridgehead atoms. The van der Waals surface area contributed by atoms with E-state index in [2.05, 4.69) is 26.0 Å². The van der Waals surface area contributed by atoms with Crippen molar-refractivity contribution in [2.45, 2.75) is 37.1 Å². The molecule has 3 aliphatic heterocycles. The maximum atomic E-state index is 16.0. The smallest absolute Gasteiger partial charge is 0.261 e. The number of alkyl halides is 1. The molecule has 3 aromatic rings. The molecule has 2 atom stereocenters. The van der Waals surface area contributed by atoms with Crippen LogP contribution in [0.1, 0.15) is 36.4 Å². The van der Waals surface area contributed by atoms with Crippen LogP contribution in [0.2, 0.25) is 0 Å². The first kappa shape index (κ1) is 19.3. The molecule has 162 valence electrons. The van der Waals surface area contributed by atoms with E-state index in [0.29, 0.717) is 54.3 Å². The molecule has 0 radical (unpaired) electrons. The Labute approximate surface area is 186 Å². The molecular formula is C21H18FN7O2S. The van der Waals surface area contributed by atoms with Gasteiger partial charge in [-0.2, -0.15) is 5.26 Å². The lowest BCUT2D eigenvalue weighted by atomic mass is 9.90. The van der Waals surface area contributed by atoms with Gasteiger partial charge in [-0.05, 0) is 0 Å². The normalized spacial score (nSPS) is 23.5. The van der Waals surface area contributed by atoms with Crippen LogP contribution >= 0.6 is 11.3 Å². The summed E-state index contributed by atoms with van der Waals surface area (Å²) in [6.07, 6.45) is 5.04. The Bertz CT molecular complexity index is 1270. The highest BCUT2D eigenvalue weighted by atomic mass is 32.1. The number of ether oxygens (including phenoxy) is 1. The minimum atomic E-state index is -1.96. The van der Waals surface area contributed by atoms with Crippen LogP contribution in [0.5, 0.6) is 5.75 Å². The Morgan fingerprint density at radius 3 is 2.94 bits per heavy atom. The number of hydrogen-bond acceptors (Lipinski definition) is 9. The molecule has 0 saturated carbocycles. The molecule has 0 N–H and O–H groups in total. The van der Waals surface area contributed by atoms with Gasteiger partial charge in [0.15, 0.2) is 11.5 Å². The fourth-order valence-corrected chi connectivity index (χ4v) is 5.56. The molecule has 32 heavy (non-hydrogen) atoms. The fourth-order valence-electron chi connectivity index (χ4n) is 4.94. The number of piperidine rings is 1. The standard InChI is InChI=1S/C21H18FN7O2S/c22-21(1-3-28(4-2-21)18-16-19(26-10-25-18)32-11-27-16)20(30)29-9-13-5-15(29)14-8-24-7-12(6-23)17(14)31-13/h7-8,10-11,13,15H,1-5,9H2/t13-,15-/m0/s1. The highest BCUT2D eigenvalue weighted by Gasteiger charge is 2.51. The molecular weight excluding hydrogens is 433 g/mol. The maximum Gasteiger partial charge on any atom is 0.261 e. The summed E-state index contributed by atoms with van der Waals surface area (Å²) in [6.45, 7) is 1.03. The van der Waals surface area contributed by atoms with E-state index in [9.17, 15) is 10.1 Å². The largest absolute Gasteiger partial charge is 0.487 e. The number of rotatable bonds is 2. The van der Waals surface area contributed by atoms with E-state index in [4.69, 9.17) is 4.74 Å². The van der Waals surface area contributed by atoms with E-state index in [1.807, 2.05) is 4.90 Å². The molecule has 3 aromatic heterocycles. The first-order chi connectivity index (χ1) is 15.6. The van der Waals surface area contributed by atoms with Crippen molar-refractivity contribution in [2.75, 3.05) is 24.5 Å². The van der Waals surface area contributed by atoms with Gasteiger partial charge in [0.25, 0.3) is 5.91 Å². The number of likely N-dealkylation sites (tertiary alicyclic amines) is 1. The van der Waals surface area contributed by atoms with Crippen molar-refractivity contribution in [3.8, 4) is 11.8 Å². The van der Waals surface area contributed by atoms with Gasteiger partial charge < -0.3 is 14.5 Å². The van der Waals surface area contributed by atoms with Gasteiger partial charge in [0.1, 0.15) is 40.2 Å². The third-order valence-electron chi connectivity index (χ3n) is 6.57. The molecule has 9 nitrogen and oxygen atoms in total. The van der Waals surface area contributed by atoms with Gasteiger partial charge >= 0.3 is 0 Å². The number of thiazole rings is 1. The minimum Gasteiger partial charge on any atom is -0.487 e. The highest BCUT2D eigenvalue weighted by Crippen LogP contribution is 2.46. The predicted octanol–water partition coefficient (Wildman–Crippen LogP) is 2.40. The maximum absolute atomic E-state index is 16.0. The van der Waals surface area contributed by atoms with Crippen LogP contribution in [0, 0.1) is 11.3 Å². The number of pyridine rings is 1. The Kier molecular flexibility index (Phi) is 4.26. The lowest BCUT2D eigenvalue weighted by molar-refractivity contribution is -0.146. The summed E-state index contributed by atoms with van der Waals surface area (Å²) < 4.78 is 21.9. The second-order valence-electron chi connectivity index (χ2n) is 8.32. The summed E-state index contributed by atoms with van der Waals surface area (Å²) in [7, 11) is 0. The fraction of sp³-hybridized carbons (Fsp3) is 0.429. The lowest BCUT2D eigenvalue weighted by Gasteiger charge is -2.39. The van der Waals surface area contributed by atoms with Gasteiger partial charge in [-0.3, -0.25) is 9.78 Å². The van der Waals surface area contributed by atoms with E-state index in [1.165, 1.54) is 23.9 Å². The Morgan fingerprint density at radius 1 is 1.28 bits per heavy atom. The first-order valence-electron chi connectivity index (χ1n) is 10.4. The molecule has 6 rings (SSSR count). The molecule has 6 heterocycles. The van der Waals surface area contributed by atoms with Crippen LogP contribution < -0.4 is 9.64 Å². The van der Waals surface area contributed by atoms with Gasteiger partial charge in [0, 0.05) is 50.3 Å². The van der Waals surface area contributed by atoms with E-state index >= 15 is 4.39 Å². The van der Waals surface area contributed by atoms with Crippen LogP contribution in [0.4, 0.5) is 10.2 Å². The summed E-state index contributed by atoms with van der Waals surface area (Å²) in [5.41, 5.74) is 1.49. The zero-order valence-corrected chi connectivity index (χ0v) is 17.8. The van der Waals surface area contributed by atoms with Crippen LogP contribution in [0.3, 0.4) is 0 Å². The van der Waals surface area contributed by atoms with Crippen molar-refractivity contribution >= 4 is 33.4 Å². The highest BCUT2D eigenvalue weighted by molar-refractivity contribution is 7.16. The van der Waals surface area contributed by atoms with E-state index in [0.717, 1.165) is 4.83 Å². The molecule has 0 aromatic carbocycles. The average molecular weight is 451 g/mol. The zero-order chi connectivity index (χ0) is 21.9. The zero-order valence-electron chi connectivity index (χ0n) is 16.9. The average Bonchev–Trinajstić information content (AvgIpc) is 3.43. The number of carbonyl (C=O) groups is 1. The number of fused-ring (bicyclic) bond motifs is 5. The van der Waals surface area contributed by atoms with Crippen LogP contribution in [-0.2, 0) is 4.79 Å². The summed E-state index contributed by atoms with van der Waals surface area (Å²) in [5.74, 6) is 0.642. The molecule has 0 aliphatic carbocycles. The number of anilines is 1. The number of amides is 1. The van der Waals surface area contributed by atoms with Gasteiger partial charge in [-0.15, -0.1) is 11.3 Å². The lowest BCUT2D eigenvalue weighted by Crippen LogP contribution is -2.52. The van der Waals surface area contributed by atoms with Crippen molar-refractivity contribution in [1.29, 1.82) is 5.26 Å². The minimum absolute atomic E-state index is 0.0690. The third kappa shape index (κ3) is 2.82. The van der Waals surface area contributed by atoms with Gasteiger partial charge in [0.05, 0.1) is 18.1 Å². The molecule has 2 fully saturated rings. The summed E-state index contributed by atoms with van der Waals surface area (Å²) in [5, 5.41) is 9.35. The van der Waals surface area contributed by atoms with Crippen molar-refractivity contribution in [2.24, 2.45) is 0 Å². The SMILES string of the molecule is N#Cc1cncc2c1O[C@H]1C[C@@H]2N(C(=O)C2(F)CCN(c3ncnc4scnc34)CC2)C1. The second kappa shape index (κ2) is 7.06. The number of nitrogens with zero attached hydrogens (tertiary/aromatic N) is 7. The second-order valence-corrected chi connectivity index (χ2v) is 9.16. The molecule has 3 aliphatic rings. The Balaban J connectivity index is 1.23. The van der Waals surface area contributed by atoms with Gasteiger partial charge in [0.2, 0.25) is 0 Å². The van der Waals surface area contributed by atoms with Crippen molar-refractivity contribution in [3.63, 3.8) is 0 Å². The number of nitriles is 1. The molecule has 11 heteroatoms. The Morgan fingerprint density at radius 2 is 2.12 bits per heavy atom. The van der Waals surface area contributed by atoms with Crippen molar-refractivity contribution < 1.29 is 13.9 Å². The van der Waals surface area contributed by atoms with Crippen molar-refractivity contribution in [1.82, 2.24) is 24.8 Å². The van der Waals surface area contributed by atoms with Crippen LogP contribution in [0.25, 0.3) is 10.3 Å². The van der Waals surface area contributed by atoms with E-state index in [-0.39, 0.29) is 25.0 Å². The summed E-state index contributed by atoms with van der Waals surface area (Å²) >= 11 is 1.43.